The highest BCUT2D eigenvalue weighted by Crippen LogP contribution is 2.46. The van der Waals surface area contributed by atoms with E-state index in [1.807, 2.05) is 19.2 Å². The molecular formula is C19H22Cl2N4S. The summed E-state index contributed by atoms with van der Waals surface area (Å²) in [7, 11) is 0. The fourth-order valence-electron chi connectivity index (χ4n) is 4.13. The van der Waals surface area contributed by atoms with Gasteiger partial charge in [0, 0.05) is 24.2 Å². The Labute approximate surface area is 168 Å². The molecule has 1 saturated heterocycles. The number of rotatable bonds is 3. The van der Waals surface area contributed by atoms with Crippen LogP contribution in [0, 0.1) is 12.3 Å². The molecule has 0 N–H and O–H groups in total. The molecule has 3 heterocycles. The third-order valence-electron chi connectivity index (χ3n) is 5.72. The first-order valence-electron chi connectivity index (χ1n) is 9.13. The predicted octanol–water partition coefficient (Wildman–Crippen LogP) is 5.80. The van der Waals surface area contributed by atoms with Crippen LogP contribution in [0.15, 0.2) is 28.4 Å². The summed E-state index contributed by atoms with van der Waals surface area (Å²) < 4.78 is 0. The minimum absolute atomic E-state index is 0.313. The zero-order valence-electron chi connectivity index (χ0n) is 14.8. The van der Waals surface area contributed by atoms with Crippen LogP contribution in [0.4, 0.5) is 5.82 Å². The Kier molecular flexibility index (Phi) is 5.31. The maximum Gasteiger partial charge on any atom is 0.148 e. The Morgan fingerprint density at radius 1 is 1.08 bits per heavy atom. The van der Waals surface area contributed by atoms with E-state index < -0.39 is 0 Å². The molecular weight excluding hydrogens is 387 g/mol. The fourth-order valence-corrected chi connectivity index (χ4v) is 5.39. The van der Waals surface area contributed by atoms with Crippen molar-refractivity contribution in [3.63, 3.8) is 0 Å². The van der Waals surface area contributed by atoms with Gasteiger partial charge in [-0.1, -0.05) is 47.8 Å². The van der Waals surface area contributed by atoms with Crippen molar-refractivity contribution in [1.82, 2.24) is 15.0 Å². The van der Waals surface area contributed by atoms with E-state index in [2.05, 4.69) is 14.9 Å². The molecule has 2 aromatic heterocycles. The Hall–Kier alpha value is -1.04. The number of anilines is 1. The summed E-state index contributed by atoms with van der Waals surface area (Å²) in [4.78, 5) is 16.7. The molecule has 0 atom stereocenters. The lowest BCUT2D eigenvalue weighted by Crippen LogP contribution is -2.39. The molecule has 4 nitrogen and oxygen atoms in total. The van der Waals surface area contributed by atoms with Crippen LogP contribution in [0.5, 0.6) is 0 Å². The molecule has 0 radical (unpaired) electrons. The van der Waals surface area contributed by atoms with Gasteiger partial charge in [0.15, 0.2) is 0 Å². The quantitative estimate of drug-likeness (QED) is 0.600. The van der Waals surface area contributed by atoms with Crippen LogP contribution < -0.4 is 4.90 Å². The molecule has 0 aromatic carbocycles. The van der Waals surface area contributed by atoms with Gasteiger partial charge in [0.2, 0.25) is 0 Å². The molecule has 26 heavy (non-hydrogen) atoms. The van der Waals surface area contributed by atoms with E-state index >= 15 is 0 Å². The van der Waals surface area contributed by atoms with E-state index in [1.165, 1.54) is 50.3 Å². The van der Waals surface area contributed by atoms with Crippen molar-refractivity contribution in [2.75, 3.05) is 18.0 Å². The van der Waals surface area contributed by atoms with Crippen molar-refractivity contribution < 1.29 is 0 Å². The first-order valence-corrected chi connectivity index (χ1v) is 10.7. The van der Waals surface area contributed by atoms with Gasteiger partial charge in [0.05, 0.1) is 16.9 Å². The smallest absolute Gasteiger partial charge is 0.148 e. The Morgan fingerprint density at radius 2 is 1.81 bits per heavy atom. The molecule has 0 amide bonds. The second-order valence-electron chi connectivity index (χ2n) is 7.33. The van der Waals surface area contributed by atoms with E-state index in [-0.39, 0.29) is 0 Å². The van der Waals surface area contributed by atoms with Crippen LogP contribution in [0.2, 0.25) is 10.2 Å². The summed E-state index contributed by atoms with van der Waals surface area (Å²) in [6.07, 6.45) is 11.8. The molecule has 7 heteroatoms. The molecule has 0 bridgehead atoms. The third kappa shape index (κ3) is 3.67. The molecule has 2 fully saturated rings. The molecule has 2 aromatic rings. The van der Waals surface area contributed by atoms with Crippen molar-refractivity contribution in [2.45, 2.75) is 55.4 Å². The summed E-state index contributed by atoms with van der Waals surface area (Å²) in [6, 6.07) is 1.85. The largest absolute Gasteiger partial charge is 0.355 e. The zero-order valence-corrected chi connectivity index (χ0v) is 17.2. The molecule has 1 spiro atoms. The minimum Gasteiger partial charge on any atom is -0.355 e. The zero-order chi connectivity index (χ0) is 18.1. The maximum atomic E-state index is 6.24. The van der Waals surface area contributed by atoms with Gasteiger partial charge in [-0.2, -0.15) is 0 Å². The van der Waals surface area contributed by atoms with E-state index in [1.54, 1.807) is 6.20 Å². The van der Waals surface area contributed by atoms with Gasteiger partial charge in [-0.05, 0) is 44.1 Å². The van der Waals surface area contributed by atoms with Gasteiger partial charge in [-0.15, -0.1) is 0 Å². The summed E-state index contributed by atoms with van der Waals surface area (Å²) in [5.74, 6) is 0.985. The van der Waals surface area contributed by atoms with E-state index in [0.29, 0.717) is 15.6 Å². The van der Waals surface area contributed by atoms with Crippen molar-refractivity contribution >= 4 is 40.8 Å². The number of nitrogens with zero attached hydrogens (tertiary/aromatic N) is 4. The van der Waals surface area contributed by atoms with Crippen LogP contribution in [-0.4, -0.2) is 28.0 Å². The summed E-state index contributed by atoms with van der Waals surface area (Å²) >= 11 is 13.7. The third-order valence-corrected chi connectivity index (χ3v) is 7.75. The molecule has 0 unspecified atom stereocenters. The Morgan fingerprint density at radius 3 is 2.50 bits per heavy atom. The number of aryl methyl sites for hydroxylation is 1. The van der Waals surface area contributed by atoms with Gasteiger partial charge in [0.25, 0.3) is 0 Å². The first-order chi connectivity index (χ1) is 12.6. The van der Waals surface area contributed by atoms with Gasteiger partial charge >= 0.3 is 0 Å². The highest BCUT2D eigenvalue weighted by Gasteiger charge is 2.37. The lowest BCUT2D eigenvalue weighted by molar-refractivity contribution is 0.226. The van der Waals surface area contributed by atoms with Gasteiger partial charge < -0.3 is 4.90 Å². The minimum atomic E-state index is 0.313. The summed E-state index contributed by atoms with van der Waals surface area (Å²) in [5.41, 5.74) is 1.53. The number of halogens is 2. The lowest BCUT2D eigenvalue weighted by Gasteiger charge is -2.39. The molecule has 2 aliphatic rings. The van der Waals surface area contributed by atoms with Gasteiger partial charge in [-0.25, -0.2) is 15.0 Å². The number of pyridine rings is 1. The highest BCUT2D eigenvalue weighted by molar-refractivity contribution is 7.99. The topological polar surface area (TPSA) is 41.9 Å². The van der Waals surface area contributed by atoms with Crippen LogP contribution in [0.3, 0.4) is 0 Å². The van der Waals surface area contributed by atoms with E-state index in [9.17, 15) is 0 Å². The predicted molar refractivity (Wildman–Crippen MR) is 107 cm³/mol. The first kappa shape index (κ1) is 18.3. The molecule has 1 aliphatic carbocycles. The van der Waals surface area contributed by atoms with Crippen LogP contribution in [0.1, 0.15) is 44.2 Å². The van der Waals surface area contributed by atoms with E-state index in [0.717, 1.165) is 34.5 Å². The molecule has 1 aliphatic heterocycles. The Balaban J connectivity index is 1.47. The standard InChI is InChI=1S/C19H22Cl2N4S/c1-13-18(26-14-4-9-22-17(21)16(14)20)23-12-15(24-13)25-10-7-19(8-11-25)5-2-3-6-19/h4,9,12H,2-3,5-8,10-11H2,1H3. The van der Waals surface area contributed by atoms with Gasteiger partial charge in [0.1, 0.15) is 16.0 Å². The summed E-state index contributed by atoms with van der Waals surface area (Å²) in [5, 5.41) is 1.62. The van der Waals surface area contributed by atoms with Crippen molar-refractivity contribution in [3.05, 3.63) is 34.3 Å². The number of hydrogen-bond acceptors (Lipinski definition) is 5. The lowest BCUT2D eigenvalue weighted by atomic mass is 9.77. The maximum absolute atomic E-state index is 6.24. The molecule has 4 rings (SSSR count). The molecule has 138 valence electrons. The van der Waals surface area contributed by atoms with Crippen LogP contribution in [-0.2, 0) is 0 Å². The second kappa shape index (κ2) is 7.53. The van der Waals surface area contributed by atoms with Crippen LogP contribution >= 0.6 is 35.0 Å². The SMILES string of the molecule is Cc1nc(N2CCC3(CCCC3)CC2)cnc1Sc1ccnc(Cl)c1Cl. The van der Waals surface area contributed by atoms with Gasteiger partial charge in [-0.3, -0.25) is 0 Å². The van der Waals surface area contributed by atoms with Crippen LogP contribution in [0.25, 0.3) is 0 Å². The molecule has 1 saturated carbocycles. The average Bonchev–Trinajstić information content (AvgIpc) is 3.09. The highest BCUT2D eigenvalue weighted by atomic mass is 35.5. The van der Waals surface area contributed by atoms with Crippen molar-refractivity contribution in [3.8, 4) is 0 Å². The number of aromatic nitrogens is 3. The Bertz CT molecular complexity index is 798. The fraction of sp³-hybridized carbons (Fsp3) is 0.526. The number of piperidine rings is 1. The normalized spacial score (nSPS) is 19.3. The van der Waals surface area contributed by atoms with E-state index in [4.69, 9.17) is 28.2 Å². The number of hydrogen-bond donors (Lipinski definition) is 0. The monoisotopic (exact) mass is 408 g/mol. The summed E-state index contributed by atoms with van der Waals surface area (Å²) in [6.45, 7) is 4.18. The van der Waals surface area contributed by atoms with Crippen molar-refractivity contribution in [2.24, 2.45) is 5.41 Å². The van der Waals surface area contributed by atoms with Crippen molar-refractivity contribution in [1.29, 1.82) is 0 Å². The average molecular weight is 409 g/mol. The second-order valence-corrected chi connectivity index (χ2v) is 9.10.